The Morgan fingerprint density at radius 1 is 1.36 bits per heavy atom. The van der Waals surface area contributed by atoms with E-state index in [-0.39, 0.29) is 6.04 Å². The quantitative estimate of drug-likeness (QED) is 0.673. The number of hydrogen-bond acceptors (Lipinski definition) is 2. The number of nitrogens with two attached hydrogens (primary N) is 1. The Labute approximate surface area is 84.6 Å². The summed E-state index contributed by atoms with van der Waals surface area (Å²) in [6.07, 6.45) is 7.25. The Morgan fingerprint density at radius 3 is 2.64 bits per heavy atom. The second kappa shape index (κ2) is 2.72. The molecule has 3 rings (SSSR count). The average molecular weight is 194 g/mol. The minimum Gasteiger partial charge on any atom is -0.338 e. The fourth-order valence-corrected chi connectivity index (χ4v) is 3.45. The number of carbonyl (C=O) groups excluding carboxylic acids is 1. The van der Waals surface area contributed by atoms with Gasteiger partial charge in [0.2, 0.25) is 5.91 Å². The van der Waals surface area contributed by atoms with Crippen LogP contribution in [0.2, 0.25) is 0 Å². The normalized spacial score (nSPS) is 39.8. The first-order valence-electron chi connectivity index (χ1n) is 5.76. The van der Waals surface area contributed by atoms with Crippen LogP contribution in [0, 0.1) is 5.41 Å². The third-order valence-electron chi connectivity index (χ3n) is 4.31. The molecule has 0 aromatic carbocycles. The van der Waals surface area contributed by atoms with Gasteiger partial charge in [0.05, 0.1) is 0 Å². The highest BCUT2D eigenvalue weighted by atomic mass is 16.2. The van der Waals surface area contributed by atoms with Crippen molar-refractivity contribution in [2.45, 2.75) is 50.6 Å². The van der Waals surface area contributed by atoms with Gasteiger partial charge in [-0.05, 0) is 24.7 Å². The number of hydrogen-bond donors (Lipinski definition) is 1. The Hall–Kier alpha value is -0.570. The Kier molecular flexibility index (Phi) is 1.69. The first-order chi connectivity index (χ1) is 6.71. The maximum atomic E-state index is 11.7. The third-order valence-corrected chi connectivity index (χ3v) is 4.31. The topological polar surface area (TPSA) is 46.3 Å². The van der Waals surface area contributed by atoms with Gasteiger partial charge in [0.1, 0.15) is 0 Å². The van der Waals surface area contributed by atoms with E-state index in [0.29, 0.717) is 23.8 Å². The Balaban J connectivity index is 1.71. The van der Waals surface area contributed by atoms with Crippen molar-refractivity contribution >= 4 is 5.91 Å². The van der Waals surface area contributed by atoms with Gasteiger partial charge in [-0.1, -0.05) is 12.8 Å². The molecule has 1 amide bonds. The van der Waals surface area contributed by atoms with Gasteiger partial charge in [-0.15, -0.1) is 0 Å². The summed E-state index contributed by atoms with van der Waals surface area (Å²) in [5, 5.41) is 0. The summed E-state index contributed by atoms with van der Waals surface area (Å²) in [4.78, 5) is 13.7. The molecule has 2 saturated carbocycles. The molecule has 3 nitrogen and oxygen atoms in total. The smallest absolute Gasteiger partial charge is 0.224 e. The van der Waals surface area contributed by atoms with Crippen LogP contribution >= 0.6 is 0 Å². The lowest BCUT2D eigenvalue weighted by molar-refractivity contribution is -0.128. The molecule has 2 N–H and O–H groups in total. The summed E-state index contributed by atoms with van der Waals surface area (Å²) in [6.45, 7) is 0.811. The number of amides is 1. The van der Waals surface area contributed by atoms with Crippen molar-refractivity contribution in [1.29, 1.82) is 0 Å². The molecule has 0 radical (unpaired) electrons. The van der Waals surface area contributed by atoms with Crippen LogP contribution in [0.3, 0.4) is 0 Å². The van der Waals surface area contributed by atoms with Crippen LogP contribution in [-0.2, 0) is 4.79 Å². The maximum Gasteiger partial charge on any atom is 0.224 e. The van der Waals surface area contributed by atoms with Gasteiger partial charge >= 0.3 is 0 Å². The molecule has 0 bridgehead atoms. The van der Waals surface area contributed by atoms with E-state index < -0.39 is 0 Å². The monoisotopic (exact) mass is 194 g/mol. The number of likely N-dealkylation sites (tertiary alicyclic amines) is 1. The first kappa shape index (κ1) is 8.72. The van der Waals surface area contributed by atoms with E-state index in [0.717, 1.165) is 6.54 Å². The molecule has 3 heteroatoms. The standard InChI is InChI=1S/C11H18N2O/c12-8-5-10(14)13(7-8)9-6-11(9)3-1-2-4-11/h8-9H,1-7,12H2. The molecule has 14 heavy (non-hydrogen) atoms. The highest BCUT2D eigenvalue weighted by molar-refractivity contribution is 5.80. The summed E-state index contributed by atoms with van der Waals surface area (Å²) >= 11 is 0. The zero-order valence-electron chi connectivity index (χ0n) is 8.54. The third kappa shape index (κ3) is 1.11. The van der Waals surface area contributed by atoms with E-state index in [9.17, 15) is 4.79 Å². The molecule has 2 atom stereocenters. The Morgan fingerprint density at radius 2 is 2.07 bits per heavy atom. The molecule has 2 unspecified atom stereocenters. The predicted molar refractivity (Wildman–Crippen MR) is 53.6 cm³/mol. The molecular formula is C11H18N2O. The number of nitrogens with zero attached hydrogens (tertiary/aromatic N) is 1. The Bertz CT molecular complexity index is 270. The SMILES string of the molecule is NC1CC(=O)N(C2CC23CCCC3)C1. The van der Waals surface area contributed by atoms with Gasteiger partial charge in [-0.2, -0.15) is 0 Å². The lowest BCUT2D eigenvalue weighted by Gasteiger charge is -2.19. The highest BCUT2D eigenvalue weighted by Crippen LogP contribution is 2.60. The van der Waals surface area contributed by atoms with E-state index in [1.54, 1.807) is 0 Å². The predicted octanol–water partition coefficient (Wildman–Crippen LogP) is 0.879. The summed E-state index contributed by atoms with van der Waals surface area (Å²) in [7, 11) is 0. The van der Waals surface area contributed by atoms with Crippen molar-refractivity contribution in [2.75, 3.05) is 6.54 Å². The molecule has 0 aromatic heterocycles. The van der Waals surface area contributed by atoms with E-state index in [1.807, 2.05) is 0 Å². The van der Waals surface area contributed by atoms with E-state index in [2.05, 4.69) is 4.90 Å². The maximum absolute atomic E-state index is 11.7. The molecule has 1 spiro atoms. The van der Waals surface area contributed by atoms with E-state index in [1.165, 1.54) is 32.1 Å². The first-order valence-corrected chi connectivity index (χ1v) is 5.76. The largest absolute Gasteiger partial charge is 0.338 e. The molecule has 0 aromatic rings. The van der Waals surface area contributed by atoms with Crippen LogP contribution in [-0.4, -0.2) is 29.4 Å². The zero-order valence-corrected chi connectivity index (χ0v) is 8.54. The van der Waals surface area contributed by atoms with Gasteiger partial charge in [-0.3, -0.25) is 4.79 Å². The fraction of sp³-hybridized carbons (Fsp3) is 0.909. The van der Waals surface area contributed by atoms with Crippen molar-refractivity contribution in [3.63, 3.8) is 0 Å². The molecule has 1 heterocycles. The molecule has 2 aliphatic carbocycles. The van der Waals surface area contributed by atoms with Crippen LogP contribution in [0.4, 0.5) is 0 Å². The van der Waals surface area contributed by atoms with Crippen molar-refractivity contribution in [2.24, 2.45) is 11.1 Å². The van der Waals surface area contributed by atoms with Gasteiger partial charge in [0, 0.05) is 25.0 Å². The number of carbonyl (C=O) groups is 1. The second-order valence-corrected chi connectivity index (χ2v) is 5.30. The second-order valence-electron chi connectivity index (χ2n) is 5.30. The van der Waals surface area contributed by atoms with Crippen molar-refractivity contribution in [3.05, 3.63) is 0 Å². The van der Waals surface area contributed by atoms with Gasteiger partial charge in [0.15, 0.2) is 0 Å². The van der Waals surface area contributed by atoms with E-state index >= 15 is 0 Å². The minimum atomic E-state index is 0.0987. The lowest BCUT2D eigenvalue weighted by atomic mass is 10.0. The van der Waals surface area contributed by atoms with Crippen molar-refractivity contribution < 1.29 is 4.79 Å². The van der Waals surface area contributed by atoms with Crippen LogP contribution < -0.4 is 5.73 Å². The van der Waals surface area contributed by atoms with Crippen LogP contribution in [0.15, 0.2) is 0 Å². The van der Waals surface area contributed by atoms with E-state index in [4.69, 9.17) is 5.73 Å². The summed E-state index contributed by atoms with van der Waals surface area (Å²) in [5.41, 5.74) is 6.35. The summed E-state index contributed by atoms with van der Waals surface area (Å²) < 4.78 is 0. The van der Waals surface area contributed by atoms with Gasteiger partial charge in [0.25, 0.3) is 0 Å². The van der Waals surface area contributed by atoms with Gasteiger partial charge in [-0.25, -0.2) is 0 Å². The minimum absolute atomic E-state index is 0.0987. The molecule has 1 saturated heterocycles. The molecule has 3 fully saturated rings. The fourth-order valence-electron chi connectivity index (χ4n) is 3.45. The molecule has 78 valence electrons. The highest BCUT2D eigenvalue weighted by Gasteiger charge is 2.59. The molecule has 3 aliphatic rings. The molecular weight excluding hydrogens is 176 g/mol. The van der Waals surface area contributed by atoms with Crippen molar-refractivity contribution in [1.82, 2.24) is 4.90 Å². The number of rotatable bonds is 1. The molecule has 1 aliphatic heterocycles. The average Bonchev–Trinajstić information content (AvgIpc) is 2.48. The summed E-state index contributed by atoms with van der Waals surface area (Å²) in [5.74, 6) is 0.297. The van der Waals surface area contributed by atoms with Gasteiger partial charge < -0.3 is 10.6 Å². The van der Waals surface area contributed by atoms with Crippen LogP contribution in [0.5, 0.6) is 0 Å². The van der Waals surface area contributed by atoms with Crippen LogP contribution in [0.1, 0.15) is 38.5 Å². The summed E-state index contributed by atoms with van der Waals surface area (Å²) in [6, 6.07) is 0.660. The van der Waals surface area contributed by atoms with Crippen molar-refractivity contribution in [3.8, 4) is 0 Å². The zero-order chi connectivity index (χ0) is 9.76. The lowest BCUT2D eigenvalue weighted by Crippen LogP contribution is -2.32. The van der Waals surface area contributed by atoms with Crippen LogP contribution in [0.25, 0.3) is 0 Å².